The molecule has 0 atom stereocenters. The van der Waals surface area contributed by atoms with E-state index in [1.54, 1.807) is 24.3 Å². The summed E-state index contributed by atoms with van der Waals surface area (Å²) in [5, 5.41) is 3.36. The van der Waals surface area contributed by atoms with E-state index in [9.17, 15) is 14.4 Å². The zero-order chi connectivity index (χ0) is 21.6. The van der Waals surface area contributed by atoms with Crippen LogP contribution in [0.2, 0.25) is 10.0 Å². The molecule has 0 aromatic heterocycles. The zero-order valence-electron chi connectivity index (χ0n) is 16.4. The number of carbonyl (C=O) groups is 3. The third-order valence-electron chi connectivity index (χ3n) is 4.11. The summed E-state index contributed by atoms with van der Waals surface area (Å²) < 4.78 is 0. The van der Waals surface area contributed by atoms with E-state index >= 15 is 0 Å². The van der Waals surface area contributed by atoms with E-state index < -0.39 is 11.8 Å². The fraction of sp³-hybridized carbons (Fsp3) is 0.286. The van der Waals surface area contributed by atoms with Gasteiger partial charge in [-0.25, -0.2) is 0 Å². The molecule has 8 heteroatoms. The first kappa shape index (κ1) is 22.7. The Morgan fingerprint density at radius 2 is 1.48 bits per heavy atom. The highest BCUT2D eigenvalue weighted by Gasteiger charge is 2.15. The summed E-state index contributed by atoms with van der Waals surface area (Å²) in [7, 11) is 0. The molecule has 3 N–H and O–H groups in total. The number of hydrazine groups is 1. The summed E-state index contributed by atoms with van der Waals surface area (Å²) in [5.74, 6) is -1.30. The van der Waals surface area contributed by atoms with Gasteiger partial charge in [0.2, 0.25) is 11.8 Å². The third-order valence-corrected chi connectivity index (χ3v) is 4.66. The molecule has 0 aliphatic rings. The molecule has 154 valence electrons. The summed E-state index contributed by atoms with van der Waals surface area (Å²) in [4.78, 5) is 36.0. The van der Waals surface area contributed by atoms with Crippen LogP contribution in [0.1, 0.15) is 49.5 Å². The minimum absolute atomic E-state index is 0.0139. The predicted octanol–water partition coefficient (Wildman–Crippen LogP) is 4.47. The third kappa shape index (κ3) is 7.07. The van der Waals surface area contributed by atoms with E-state index in [0.717, 1.165) is 5.56 Å². The fourth-order valence-electron chi connectivity index (χ4n) is 2.41. The van der Waals surface area contributed by atoms with E-state index in [-0.39, 0.29) is 24.2 Å². The van der Waals surface area contributed by atoms with Gasteiger partial charge in [0, 0.05) is 23.4 Å². The van der Waals surface area contributed by atoms with E-state index in [2.05, 4.69) is 36.9 Å². The molecule has 3 amide bonds. The number of halogens is 2. The Balaban J connectivity index is 1.77. The number of nitrogens with one attached hydrogen (secondary N) is 3. The molecule has 0 spiro atoms. The lowest BCUT2D eigenvalue weighted by Gasteiger charge is -2.19. The maximum atomic E-state index is 12.1. The van der Waals surface area contributed by atoms with Crippen molar-refractivity contribution in [2.24, 2.45) is 0 Å². The Hall–Kier alpha value is -2.57. The highest BCUT2D eigenvalue weighted by molar-refractivity contribution is 6.36. The van der Waals surface area contributed by atoms with Gasteiger partial charge in [0.25, 0.3) is 5.91 Å². The summed E-state index contributed by atoms with van der Waals surface area (Å²) in [6.07, 6.45) is -0.165. The van der Waals surface area contributed by atoms with Gasteiger partial charge in [-0.15, -0.1) is 0 Å². The van der Waals surface area contributed by atoms with Crippen molar-refractivity contribution >= 4 is 46.6 Å². The van der Waals surface area contributed by atoms with Gasteiger partial charge < -0.3 is 5.32 Å². The summed E-state index contributed by atoms with van der Waals surface area (Å²) in [5.41, 5.74) is 6.56. The maximum absolute atomic E-state index is 12.1. The topological polar surface area (TPSA) is 87.3 Å². The average Bonchev–Trinajstić information content (AvgIpc) is 2.66. The van der Waals surface area contributed by atoms with Gasteiger partial charge in [-0.2, -0.15) is 0 Å². The first-order chi connectivity index (χ1) is 13.6. The number of amides is 3. The number of carbonyl (C=O) groups excluding carboxylic acids is 3. The van der Waals surface area contributed by atoms with Crippen molar-refractivity contribution in [2.45, 2.75) is 39.0 Å². The number of rotatable bonds is 5. The molecular weight excluding hydrogens is 413 g/mol. The molecule has 0 unspecified atom stereocenters. The monoisotopic (exact) mass is 435 g/mol. The molecule has 2 aromatic carbocycles. The minimum Gasteiger partial charge on any atom is -0.325 e. The molecule has 0 saturated carbocycles. The molecule has 2 aromatic rings. The van der Waals surface area contributed by atoms with Crippen molar-refractivity contribution in [3.63, 3.8) is 0 Å². The van der Waals surface area contributed by atoms with Crippen molar-refractivity contribution in [1.82, 2.24) is 10.9 Å². The molecule has 0 bridgehead atoms. The fourth-order valence-corrected chi connectivity index (χ4v) is 2.87. The van der Waals surface area contributed by atoms with Crippen LogP contribution in [0.3, 0.4) is 0 Å². The molecule has 0 fully saturated rings. The number of hydrogen-bond acceptors (Lipinski definition) is 3. The normalized spacial score (nSPS) is 10.9. The maximum Gasteiger partial charge on any atom is 0.269 e. The standard InChI is InChI=1S/C21H23Cl2N3O3/c1-21(2,3)14-6-4-13(5-7-14)20(29)26-25-19(28)11-10-18(27)24-17-9-8-15(22)12-16(17)23/h4-9,12H,10-11H2,1-3H3,(H,24,27)(H,25,28)(H,26,29). The largest absolute Gasteiger partial charge is 0.325 e. The zero-order valence-corrected chi connectivity index (χ0v) is 17.9. The number of anilines is 1. The second-order valence-corrected chi connectivity index (χ2v) is 8.35. The van der Waals surface area contributed by atoms with E-state index in [1.165, 1.54) is 6.07 Å². The van der Waals surface area contributed by atoms with Gasteiger partial charge in [0.1, 0.15) is 0 Å². The number of benzene rings is 2. The van der Waals surface area contributed by atoms with Crippen LogP contribution in [0.4, 0.5) is 5.69 Å². The van der Waals surface area contributed by atoms with Crippen LogP contribution in [-0.2, 0) is 15.0 Å². The van der Waals surface area contributed by atoms with Gasteiger partial charge in [0.15, 0.2) is 0 Å². The lowest BCUT2D eigenvalue weighted by Crippen LogP contribution is -2.41. The second kappa shape index (κ2) is 9.76. The molecule has 6 nitrogen and oxygen atoms in total. The lowest BCUT2D eigenvalue weighted by molar-refractivity contribution is -0.124. The van der Waals surface area contributed by atoms with Crippen molar-refractivity contribution in [3.8, 4) is 0 Å². The Morgan fingerprint density at radius 3 is 2.07 bits per heavy atom. The summed E-state index contributed by atoms with van der Waals surface area (Å²) >= 11 is 11.8. The Bertz CT molecular complexity index is 906. The van der Waals surface area contributed by atoms with E-state index in [1.807, 2.05) is 12.1 Å². The number of hydrogen-bond donors (Lipinski definition) is 3. The Morgan fingerprint density at radius 1 is 0.862 bits per heavy atom. The minimum atomic E-state index is -0.484. The van der Waals surface area contributed by atoms with Crippen LogP contribution in [0, 0.1) is 0 Å². The smallest absolute Gasteiger partial charge is 0.269 e. The van der Waals surface area contributed by atoms with Gasteiger partial charge in [-0.1, -0.05) is 56.1 Å². The summed E-state index contributed by atoms with van der Waals surface area (Å²) in [6.45, 7) is 6.25. The molecule has 0 aliphatic heterocycles. The van der Waals surface area contributed by atoms with Crippen LogP contribution in [0.5, 0.6) is 0 Å². The Kier molecular flexibility index (Phi) is 7.65. The highest BCUT2D eigenvalue weighted by Crippen LogP contribution is 2.25. The molecule has 0 heterocycles. The van der Waals surface area contributed by atoms with Crippen LogP contribution in [0.25, 0.3) is 0 Å². The molecule has 2 rings (SSSR count). The van der Waals surface area contributed by atoms with Gasteiger partial charge in [-0.05, 0) is 41.3 Å². The molecule has 0 aliphatic carbocycles. The van der Waals surface area contributed by atoms with Crippen LogP contribution >= 0.6 is 23.2 Å². The van der Waals surface area contributed by atoms with Crippen LogP contribution in [0.15, 0.2) is 42.5 Å². The van der Waals surface area contributed by atoms with E-state index in [0.29, 0.717) is 21.3 Å². The van der Waals surface area contributed by atoms with Gasteiger partial charge in [0.05, 0.1) is 10.7 Å². The SMILES string of the molecule is CC(C)(C)c1ccc(C(=O)NNC(=O)CCC(=O)Nc2ccc(Cl)cc2Cl)cc1. The highest BCUT2D eigenvalue weighted by atomic mass is 35.5. The average molecular weight is 436 g/mol. The quantitative estimate of drug-likeness (QED) is 0.605. The van der Waals surface area contributed by atoms with Crippen molar-refractivity contribution in [1.29, 1.82) is 0 Å². The molecule has 29 heavy (non-hydrogen) atoms. The van der Waals surface area contributed by atoms with Crippen molar-refractivity contribution < 1.29 is 14.4 Å². The second-order valence-electron chi connectivity index (χ2n) is 7.50. The summed E-state index contributed by atoms with van der Waals surface area (Å²) in [6, 6.07) is 11.8. The first-order valence-corrected chi connectivity index (χ1v) is 9.76. The van der Waals surface area contributed by atoms with E-state index in [4.69, 9.17) is 23.2 Å². The van der Waals surface area contributed by atoms with Crippen LogP contribution in [-0.4, -0.2) is 17.7 Å². The van der Waals surface area contributed by atoms with Crippen LogP contribution < -0.4 is 16.2 Å². The van der Waals surface area contributed by atoms with Crippen molar-refractivity contribution in [2.75, 3.05) is 5.32 Å². The van der Waals surface area contributed by atoms with Gasteiger partial charge in [-0.3, -0.25) is 25.2 Å². The molecule has 0 radical (unpaired) electrons. The molecular formula is C21H23Cl2N3O3. The molecule has 0 saturated heterocycles. The van der Waals surface area contributed by atoms with Crippen molar-refractivity contribution in [3.05, 3.63) is 63.6 Å². The predicted molar refractivity (Wildman–Crippen MR) is 115 cm³/mol. The lowest BCUT2D eigenvalue weighted by atomic mass is 9.87. The Labute approximate surface area is 179 Å². The van der Waals surface area contributed by atoms with Gasteiger partial charge >= 0.3 is 0 Å². The first-order valence-electron chi connectivity index (χ1n) is 9.01.